The summed E-state index contributed by atoms with van der Waals surface area (Å²) in [5.41, 5.74) is 2.67. The molecule has 2 aliphatic heterocycles. The number of carbonyl (C=O) groups excluding carboxylic acids is 1. The normalized spacial score (nSPS) is 18.7. The Labute approximate surface area is 184 Å². The van der Waals surface area contributed by atoms with Crippen LogP contribution in [0, 0.1) is 5.82 Å². The van der Waals surface area contributed by atoms with Gasteiger partial charge in [0.2, 0.25) is 0 Å². The molecule has 1 aromatic carbocycles. The molecule has 2 aliphatic rings. The number of halogens is 1. The minimum absolute atomic E-state index is 0.301. The number of fused-ring (bicyclic) bond motifs is 1. The minimum atomic E-state index is -0.649. The van der Waals surface area contributed by atoms with Gasteiger partial charge < -0.3 is 19.9 Å². The van der Waals surface area contributed by atoms with Crippen molar-refractivity contribution in [3.63, 3.8) is 0 Å². The fourth-order valence-corrected chi connectivity index (χ4v) is 4.00. The van der Waals surface area contributed by atoms with E-state index in [0.717, 1.165) is 30.0 Å². The Morgan fingerprint density at radius 2 is 2.12 bits per heavy atom. The number of hydrogen-bond acceptors (Lipinski definition) is 5. The van der Waals surface area contributed by atoms with Crippen LogP contribution in [0.5, 0.6) is 0 Å². The molecule has 0 fully saturated rings. The predicted octanol–water partition coefficient (Wildman–Crippen LogP) is 4.08. The summed E-state index contributed by atoms with van der Waals surface area (Å²) in [6.07, 6.45) is 9.11. The van der Waals surface area contributed by atoms with E-state index in [1.807, 2.05) is 42.8 Å². The molecule has 8 heteroatoms. The van der Waals surface area contributed by atoms with Crippen LogP contribution in [-0.4, -0.2) is 32.6 Å². The van der Waals surface area contributed by atoms with Gasteiger partial charge in [-0.2, -0.15) is 0 Å². The van der Waals surface area contributed by atoms with Crippen molar-refractivity contribution in [3.05, 3.63) is 84.0 Å². The molecule has 1 amide bonds. The lowest BCUT2D eigenvalue weighted by atomic mass is 9.93. The van der Waals surface area contributed by atoms with E-state index in [1.165, 1.54) is 12.1 Å². The van der Waals surface area contributed by atoms with Crippen LogP contribution in [0.4, 0.5) is 15.9 Å². The monoisotopic (exact) mass is 431 g/mol. The fourth-order valence-electron chi connectivity index (χ4n) is 4.00. The average Bonchev–Trinajstić information content (AvgIpc) is 3.45. The molecule has 162 valence electrons. The van der Waals surface area contributed by atoms with Gasteiger partial charge in [-0.3, -0.25) is 4.79 Å². The second kappa shape index (κ2) is 7.64. The smallest absolute Gasteiger partial charge is 0.260 e. The second-order valence-corrected chi connectivity index (χ2v) is 8.21. The molecule has 0 bridgehead atoms. The molecule has 0 radical (unpaired) electrons. The number of amides is 1. The van der Waals surface area contributed by atoms with E-state index >= 15 is 0 Å². The van der Waals surface area contributed by atoms with Crippen molar-refractivity contribution in [1.82, 2.24) is 14.5 Å². The van der Waals surface area contributed by atoms with Crippen molar-refractivity contribution in [2.75, 3.05) is 17.2 Å². The first-order chi connectivity index (χ1) is 15.4. The summed E-state index contributed by atoms with van der Waals surface area (Å²) in [7, 11) is 0. The van der Waals surface area contributed by atoms with E-state index in [4.69, 9.17) is 4.74 Å². The van der Waals surface area contributed by atoms with Crippen molar-refractivity contribution >= 4 is 28.6 Å². The lowest BCUT2D eigenvalue weighted by Crippen LogP contribution is -2.21. The highest BCUT2D eigenvalue weighted by molar-refractivity contribution is 6.32. The first kappa shape index (κ1) is 20.0. The number of pyridine rings is 1. The van der Waals surface area contributed by atoms with Crippen LogP contribution in [0.1, 0.15) is 25.0 Å². The van der Waals surface area contributed by atoms with Crippen molar-refractivity contribution in [2.24, 2.45) is 0 Å². The second-order valence-electron chi connectivity index (χ2n) is 8.21. The molecule has 5 rings (SSSR count). The Balaban J connectivity index is 1.39. The summed E-state index contributed by atoms with van der Waals surface area (Å²) in [4.78, 5) is 21.1. The first-order valence-corrected chi connectivity index (χ1v) is 10.3. The van der Waals surface area contributed by atoms with Gasteiger partial charge >= 0.3 is 0 Å². The van der Waals surface area contributed by atoms with Crippen LogP contribution in [0.3, 0.4) is 0 Å². The summed E-state index contributed by atoms with van der Waals surface area (Å²) in [6.45, 7) is 5.41. The van der Waals surface area contributed by atoms with E-state index in [1.54, 1.807) is 24.8 Å². The molecule has 0 saturated carbocycles. The lowest BCUT2D eigenvalue weighted by Gasteiger charge is -2.23. The van der Waals surface area contributed by atoms with Crippen LogP contribution in [0.2, 0.25) is 0 Å². The topological polar surface area (TPSA) is 81.1 Å². The van der Waals surface area contributed by atoms with Crippen LogP contribution in [0.25, 0.3) is 11.1 Å². The average molecular weight is 431 g/mol. The van der Waals surface area contributed by atoms with Gasteiger partial charge in [0.1, 0.15) is 23.0 Å². The van der Waals surface area contributed by atoms with Gasteiger partial charge in [0.05, 0.1) is 17.6 Å². The number of allylic oxidation sites excluding steroid dienone is 1. The largest absolute Gasteiger partial charge is 0.482 e. The Morgan fingerprint density at radius 1 is 1.25 bits per heavy atom. The third-order valence-corrected chi connectivity index (χ3v) is 5.57. The maximum absolute atomic E-state index is 13.6. The van der Waals surface area contributed by atoms with Crippen LogP contribution < -0.4 is 10.6 Å². The van der Waals surface area contributed by atoms with Gasteiger partial charge in [0.25, 0.3) is 5.91 Å². The molecule has 0 aliphatic carbocycles. The predicted molar refractivity (Wildman–Crippen MR) is 120 cm³/mol. The molecule has 7 nitrogen and oxygen atoms in total. The zero-order chi connectivity index (χ0) is 22.3. The highest BCUT2D eigenvalue weighted by Gasteiger charge is 2.38. The van der Waals surface area contributed by atoms with E-state index in [-0.39, 0.29) is 5.91 Å². The van der Waals surface area contributed by atoms with Crippen LogP contribution in [-0.2, 0) is 16.1 Å². The quantitative estimate of drug-likeness (QED) is 0.595. The Kier molecular flexibility index (Phi) is 4.77. The number of carbonyl (C=O) groups is 1. The van der Waals surface area contributed by atoms with Crippen molar-refractivity contribution < 1.29 is 13.9 Å². The van der Waals surface area contributed by atoms with Gasteiger partial charge in [-0.15, -0.1) is 0 Å². The molecule has 3 aromatic rings. The standard InChI is InChI=1S/C24H22FN5O2/c1-24(2)18(15-3-6-21(28-13-15)27-8-10-30-9-7-26-14-30)12-20(32-24)22-17-5-4-16(25)11-19(17)29-23(22)31/h3-7,9,11-14H,8,10H2,1-2H3,(H,27,28)(H,29,31)/b22-20+. The molecular formula is C24H22FN5O2. The zero-order valence-corrected chi connectivity index (χ0v) is 17.7. The van der Waals surface area contributed by atoms with Gasteiger partial charge in [-0.25, -0.2) is 14.4 Å². The van der Waals surface area contributed by atoms with Gasteiger partial charge in [0, 0.05) is 48.4 Å². The number of hydrogen-bond donors (Lipinski definition) is 2. The number of nitrogens with one attached hydrogen (secondary N) is 2. The number of aromatic nitrogens is 3. The molecule has 0 saturated heterocycles. The summed E-state index contributed by atoms with van der Waals surface area (Å²) in [5, 5.41) is 6.00. The molecule has 32 heavy (non-hydrogen) atoms. The van der Waals surface area contributed by atoms with E-state index < -0.39 is 11.4 Å². The van der Waals surface area contributed by atoms with Crippen molar-refractivity contribution in [3.8, 4) is 0 Å². The van der Waals surface area contributed by atoms with Gasteiger partial charge in [-0.05, 0) is 50.3 Å². The Bertz CT molecular complexity index is 1240. The Hall–Kier alpha value is -3.94. The van der Waals surface area contributed by atoms with Crippen molar-refractivity contribution in [1.29, 1.82) is 0 Å². The lowest BCUT2D eigenvalue weighted by molar-refractivity contribution is -0.111. The molecular weight excluding hydrogens is 409 g/mol. The molecule has 0 spiro atoms. The molecule has 0 atom stereocenters. The number of ether oxygens (including phenoxy) is 1. The Morgan fingerprint density at radius 3 is 2.88 bits per heavy atom. The van der Waals surface area contributed by atoms with Crippen LogP contribution in [0.15, 0.2) is 67.1 Å². The maximum atomic E-state index is 13.6. The summed E-state index contributed by atoms with van der Waals surface area (Å²) in [6, 6.07) is 8.15. The fraction of sp³-hybridized carbons (Fsp3) is 0.208. The highest BCUT2D eigenvalue weighted by Crippen LogP contribution is 2.44. The minimum Gasteiger partial charge on any atom is -0.482 e. The number of benzene rings is 1. The summed E-state index contributed by atoms with van der Waals surface area (Å²) >= 11 is 0. The van der Waals surface area contributed by atoms with E-state index in [9.17, 15) is 9.18 Å². The highest BCUT2D eigenvalue weighted by atomic mass is 19.1. The van der Waals surface area contributed by atoms with Crippen molar-refractivity contribution in [2.45, 2.75) is 26.0 Å². The summed E-state index contributed by atoms with van der Waals surface area (Å²) < 4.78 is 21.7. The SMILES string of the molecule is CC1(C)O/C(=C2/C(=O)Nc3cc(F)ccc32)C=C1c1ccc(NCCn2ccnc2)nc1. The number of imidazole rings is 1. The molecule has 0 unspecified atom stereocenters. The number of nitrogens with zero attached hydrogens (tertiary/aromatic N) is 3. The first-order valence-electron chi connectivity index (χ1n) is 10.3. The third-order valence-electron chi connectivity index (χ3n) is 5.57. The third kappa shape index (κ3) is 3.64. The maximum Gasteiger partial charge on any atom is 0.260 e. The molecule has 4 heterocycles. The molecule has 2 N–H and O–H groups in total. The van der Waals surface area contributed by atoms with Gasteiger partial charge in [-0.1, -0.05) is 0 Å². The zero-order valence-electron chi connectivity index (χ0n) is 17.7. The number of rotatable bonds is 5. The number of anilines is 2. The van der Waals surface area contributed by atoms with Gasteiger partial charge in [0.15, 0.2) is 0 Å². The van der Waals surface area contributed by atoms with E-state index in [2.05, 4.69) is 20.6 Å². The van der Waals surface area contributed by atoms with Crippen LogP contribution >= 0.6 is 0 Å². The van der Waals surface area contributed by atoms with E-state index in [0.29, 0.717) is 22.6 Å². The molecule has 2 aromatic heterocycles. The summed E-state index contributed by atoms with van der Waals surface area (Å²) in [5.74, 6) is 0.541.